The lowest BCUT2D eigenvalue weighted by Crippen LogP contribution is -2.60. The van der Waals surface area contributed by atoms with Crippen LogP contribution in [-0.4, -0.2) is 35.8 Å². The normalized spacial score (nSPS) is 28.3. The van der Waals surface area contributed by atoms with E-state index in [1.807, 2.05) is 12.1 Å². The third kappa shape index (κ3) is 2.65. The van der Waals surface area contributed by atoms with Crippen LogP contribution < -0.4 is 9.47 Å². The highest BCUT2D eigenvalue weighted by Crippen LogP contribution is 2.54. The van der Waals surface area contributed by atoms with Crippen molar-refractivity contribution in [3.05, 3.63) is 46.2 Å². The van der Waals surface area contributed by atoms with E-state index in [2.05, 4.69) is 42.4 Å². The second kappa shape index (κ2) is 5.97. The Hall–Kier alpha value is -2.05. The lowest BCUT2D eigenvalue weighted by molar-refractivity contribution is -0.212. The molecule has 1 spiro atoms. The van der Waals surface area contributed by atoms with E-state index in [0.29, 0.717) is 6.61 Å². The van der Waals surface area contributed by atoms with E-state index in [1.54, 1.807) is 18.4 Å². The summed E-state index contributed by atoms with van der Waals surface area (Å²) >= 11 is 1.74. The summed E-state index contributed by atoms with van der Waals surface area (Å²) in [6.45, 7) is 4.92. The first-order valence-corrected chi connectivity index (χ1v) is 10.3. The van der Waals surface area contributed by atoms with E-state index >= 15 is 0 Å². The van der Waals surface area contributed by atoms with Gasteiger partial charge in [0.05, 0.1) is 35.9 Å². The van der Waals surface area contributed by atoms with Gasteiger partial charge in [-0.2, -0.15) is 5.10 Å². The Balaban J connectivity index is 1.65. The second-order valence-corrected chi connectivity index (χ2v) is 9.00. The molecule has 2 aromatic rings. The smallest absolute Gasteiger partial charge is 0.203 e. The van der Waals surface area contributed by atoms with Gasteiger partial charge in [-0.15, -0.1) is 11.3 Å². The molecule has 0 saturated carbocycles. The third-order valence-corrected chi connectivity index (χ3v) is 6.62. The van der Waals surface area contributed by atoms with Crippen LogP contribution in [-0.2, 0) is 4.74 Å². The number of nitrogens with zero attached hydrogens (tertiary/aromatic N) is 2. The van der Waals surface area contributed by atoms with Crippen LogP contribution >= 0.6 is 11.3 Å². The number of rotatable bonds is 2. The monoisotopic (exact) mass is 384 g/mol. The summed E-state index contributed by atoms with van der Waals surface area (Å²) in [6, 6.07) is 10.5. The molecule has 0 aliphatic carbocycles. The highest BCUT2D eigenvalue weighted by Gasteiger charge is 2.55. The molecule has 2 atom stereocenters. The predicted molar refractivity (Wildman–Crippen MR) is 106 cm³/mol. The van der Waals surface area contributed by atoms with Crippen LogP contribution in [0.25, 0.3) is 0 Å². The molecule has 0 amide bonds. The Morgan fingerprint density at radius 2 is 2.15 bits per heavy atom. The van der Waals surface area contributed by atoms with E-state index in [1.165, 1.54) is 4.88 Å². The van der Waals surface area contributed by atoms with Crippen molar-refractivity contribution in [1.82, 2.24) is 5.01 Å². The van der Waals surface area contributed by atoms with Crippen molar-refractivity contribution in [2.75, 3.05) is 13.7 Å². The number of thiophene rings is 1. The van der Waals surface area contributed by atoms with Crippen LogP contribution in [0.3, 0.4) is 0 Å². The largest absolute Gasteiger partial charge is 0.493 e. The first-order chi connectivity index (χ1) is 13.0. The maximum atomic E-state index is 6.71. The molecule has 5 nitrogen and oxygen atoms in total. The van der Waals surface area contributed by atoms with Gasteiger partial charge >= 0.3 is 0 Å². The van der Waals surface area contributed by atoms with E-state index in [0.717, 1.165) is 42.0 Å². The van der Waals surface area contributed by atoms with Gasteiger partial charge in [-0.05, 0) is 31.4 Å². The molecule has 3 aliphatic rings. The van der Waals surface area contributed by atoms with Gasteiger partial charge in [-0.3, -0.25) is 0 Å². The Morgan fingerprint density at radius 3 is 2.89 bits per heavy atom. The van der Waals surface area contributed by atoms with Gasteiger partial charge in [-0.25, -0.2) is 5.01 Å². The first-order valence-electron chi connectivity index (χ1n) is 9.42. The molecule has 4 heterocycles. The van der Waals surface area contributed by atoms with Crippen molar-refractivity contribution in [1.29, 1.82) is 0 Å². The van der Waals surface area contributed by atoms with Gasteiger partial charge in [-0.1, -0.05) is 18.2 Å². The van der Waals surface area contributed by atoms with Crippen LogP contribution in [0.5, 0.6) is 11.5 Å². The predicted octanol–water partition coefficient (Wildman–Crippen LogP) is 4.59. The quantitative estimate of drug-likeness (QED) is 0.760. The van der Waals surface area contributed by atoms with Crippen molar-refractivity contribution >= 4 is 17.0 Å². The summed E-state index contributed by atoms with van der Waals surface area (Å²) in [4.78, 5) is 1.23. The molecule has 1 fully saturated rings. The molecule has 6 heteroatoms. The van der Waals surface area contributed by atoms with Crippen molar-refractivity contribution in [3.63, 3.8) is 0 Å². The van der Waals surface area contributed by atoms with Crippen LogP contribution in [0.15, 0.2) is 40.8 Å². The zero-order chi connectivity index (χ0) is 18.6. The number of methoxy groups -OCH3 is 1. The fraction of sp³-hybridized carbons (Fsp3) is 0.476. The molecule has 27 heavy (non-hydrogen) atoms. The number of fused-ring (bicyclic) bond motifs is 4. The molecule has 0 unspecified atom stereocenters. The van der Waals surface area contributed by atoms with Crippen LogP contribution in [0.2, 0.25) is 0 Å². The highest BCUT2D eigenvalue weighted by atomic mass is 32.1. The maximum Gasteiger partial charge on any atom is 0.203 e. The molecule has 1 saturated heterocycles. The number of para-hydroxylation sites is 1. The minimum absolute atomic E-state index is 0.162. The van der Waals surface area contributed by atoms with Gasteiger partial charge in [0.25, 0.3) is 0 Å². The van der Waals surface area contributed by atoms with Gasteiger partial charge in [0, 0.05) is 24.8 Å². The van der Waals surface area contributed by atoms with Crippen molar-refractivity contribution in [2.45, 2.75) is 50.5 Å². The summed E-state index contributed by atoms with van der Waals surface area (Å²) in [5, 5.41) is 9.41. The van der Waals surface area contributed by atoms with Crippen LogP contribution in [0, 0.1) is 0 Å². The Labute approximate surface area is 163 Å². The molecule has 3 aliphatic heterocycles. The minimum Gasteiger partial charge on any atom is -0.493 e. The number of hydrogen-bond donors (Lipinski definition) is 0. The third-order valence-electron chi connectivity index (χ3n) is 5.70. The summed E-state index contributed by atoms with van der Waals surface area (Å²) < 4.78 is 18.4. The molecule has 0 radical (unpaired) electrons. The Kier molecular flexibility index (Phi) is 3.78. The molecular formula is C21H24N2O3S. The summed E-state index contributed by atoms with van der Waals surface area (Å²) in [7, 11) is 1.70. The van der Waals surface area contributed by atoms with E-state index in [9.17, 15) is 0 Å². The minimum atomic E-state index is -0.507. The fourth-order valence-electron chi connectivity index (χ4n) is 4.60. The number of ether oxygens (including phenoxy) is 3. The number of hydrogen-bond acceptors (Lipinski definition) is 6. The van der Waals surface area contributed by atoms with Crippen molar-refractivity contribution < 1.29 is 14.2 Å². The zero-order valence-electron chi connectivity index (χ0n) is 15.9. The van der Waals surface area contributed by atoms with Crippen molar-refractivity contribution in [3.8, 4) is 11.5 Å². The standard InChI is InChI=1S/C21H24N2O3S/c1-20(2)13-21(9-10-25-20)23-16(12-15(22-23)18-8-5-11-27-18)14-6-4-7-17(24-3)19(14)26-21/h4-8,11,16H,9-10,12-13H2,1-3H3/t16-,21-/m0/s1. The molecule has 5 rings (SSSR count). The maximum absolute atomic E-state index is 6.71. The lowest BCUT2D eigenvalue weighted by atomic mass is 9.86. The van der Waals surface area contributed by atoms with Crippen molar-refractivity contribution in [2.24, 2.45) is 5.10 Å². The number of hydrazone groups is 1. The van der Waals surface area contributed by atoms with Gasteiger partial charge in [0.15, 0.2) is 11.5 Å². The van der Waals surface area contributed by atoms with E-state index in [4.69, 9.17) is 19.3 Å². The molecule has 1 aromatic carbocycles. The van der Waals surface area contributed by atoms with Gasteiger partial charge in [0.1, 0.15) is 0 Å². The molecule has 1 aromatic heterocycles. The van der Waals surface area contributed by atoms with Gasteiger partial charge < -0.3 is 14.2 Å². The van der Waals surface area contributed by atoms with E-state index < -0.39 is 5.72 Å². The van der Waals surface area contributed by atoms with Crippen LogP contribution in [0.4, 0.5) is 0 Å². The molecule has 0 N–H and O–H groups in total. The van der Waals surface area contributed by atoms with E-state index in [-0.39, 0.29) is 11.6 Å². The molecule has 0 bridgehead atoms. The SMILES string of the molecule is COc1cccc2c1O[C@]1(CCOC(C)(C)C1)N1N=C(c3cccs3)C[C@@H]21. The number of benzene rings is 1. The zero-order valence-corrected chi connectivity index (χ0v) is 16.7. The lowest BCUT2D eigenvalue weighted by Gasteiger charge is -2.52. The average Bonchev–Trinajstić information content (AvgIpc) is 3.30. The Bertz CT molecular complexity index is 893. The first kappa shape index (κ1) is 17.1. The Morgan fingerprint density at radius 1 is 1.26 bits per heavy atom. The summed E-state index contributed by atoms with van der Waals surface area (Å²) in [5.41, 5.74) is 1.52. The van der Waals surface area contributed by atoms with Gasteiger partial charge in [0.2, 0.25) is 5.72 Å². The fourth-order valence-corrected chi connectivity index (χ4v) is 5.32. The average molecular weight is 385 g/mol. The summed E-state index contributed by atoms with van der Waals surface area (Å²) in [5.74, 6) is 1.65. The summed E-state index contributed by atoms with van der Waals surface area (Å²) in [6.07, 6.45) is 2.42. The van der Waals surface area contributed by atoms with Crippen LogP contribution in [0.1, 0.15) is 49.6 Å². The molecule has 142 valence electrons. The topological polar surface area (TPSA) is 43.3 Å². The second-order valence-electron chi connectivity index (χ2n) is 8.05. The highest BCUT2D eigenvalue weighted by molar-refractivity contribution is 7.12. The molecular weight excluding hydrogens is 360 g/mol.